The Morgan fingerprint density at radius 1 is 0.783 bits per heavy atom. The number of rotatable bonds is 14. The molecule has 3 unspecified atom stereocenters. The summed E-state index contributed by atoms with van der Waals surface area (Å²) in [5.74, 6) is -6.12. The highest BCUT2D eigenvalue weighted by Crippen LogP contribution is 2.32. The molecule has 3 atom stereocenters. The number of hydrogen-bond acceptors (Lipinski definition) is 12. The Morgan fingerprint density at radius 3 is 1.93 bits per heavy atom. The number of carbonyl (C=O) groups excluding carboxylic acids is 7. The van der Waals surface area contributed by atoms with Crippen LogP contribution in [0.2, 0.25) is 0 Å². The van der Waals surface area contributed by atoms with Gasteiger partial charge >= 0.3 is 11.9 Å². The minimum atomic E-state index is -1.25. The van der Waals surface area contributed by atoms with Crippen LogP contribution in [0, 0.1) is 11.6 Å². The van der Waals surface area contributed by atoms with Crippen molar-refractivity contribution in [1.29, 1.82) is 0 Å². The van der Waals surface area contributed by atoms with Crippen LogP contribution in [0.4, 0.5) is 8.78 Å². The van der Waals surface area contributed by atoms with E-state index in [-0.39, 0.29) is 39.7 Å². The quantitative estimate of drug-likeness (QED) is 0.129. The highest BCUT2D eigenvalue weighted by molar-refractivity contribution is 8.15. The van der Waals surface area contributed by atoms with Crippen molar-refractivity contribution in [3.63, 3.8) is 0 Å². The monoisotopic (exact) mass is 699 g/mol. The van der Waals surface area contributed by atoms with Gasteiger partial charge in [-0.15, -0.1) is 0 Å². The van der Waals surface area contributed by atoms with Gasteiger partial charge in [0.2, 0.25) is 28.0 Å². The lowest BCUT2D eigenvalue weighted by Crippen LogP contribution is -2.44. The number of amides is 3. The number of thiol groups is 1. The van der Waals surface area contributed by atoms with E-state index in [0.717, 1.165) is 26.2 Å². The van der Waals surface area contributed by atoms with Crippen LogP contribution in [0.1, 0.15) is 31.1 Å². The first-order valence-electron chi connectivity index (χ1n) is 13.3. The van der Waals surface area contributed by atoms with Crippen molar-refractivity contribution in [1.82, 2.24) is 16.0 Å². The normalized spacial score (nSPS) is 12.6. The fourth-order valence-electron chi connectivity index (χ4n) is 3.75. The summed E-state index contributed by atoms with van der Waals surface area (Å²) in [6, 6.07) is 3.02. The van der Waals surface area contributed by atoms with Crippen LogP contribution in [-0.2, 0) is 33.5 Å². The molecule has 2 rings (SSSR count). The molecule has 2 aromatic rings. The second-order valence-electron chi connectivity index (χ2n) is 9.45. The van der Waals surface area contributed by atoms with E-state index in [4.69, 9.17) is 4.74 Å². The SMILES string of the molecule is COC(=O)C(CSC(=O)C(CSC(=O)c1cc(-c2ccc(F)cc2F)ccc1OC(=O)C(CS)NC(C)=O)NC(C)=O)NC(C)=O. The molecule has 0 saturated heterocycles. The average Bonchev–Trinajstić information content (AvgIpc) is 2.99. The molecule has 46 heavy (non-hydrogen) atoms. The van der Waals surface area contributed by atoms with Crippen LogP contribution >= 0.6 is 36.2 Å². The third kappa shape index (κ3) is 11.8. The van der Waals surface area contributed by atoms with Gasteiger partial charge in [0.05, 0.1) is 12.7 Å². The molecule has 3 N–H and O–H groups in total. The molecule has 3 amide bonds. The maximum absolute atomic E-state index is 14.6. The Morgan fingerprint density at radius 2 is 1.37 bits per heavy atom. The van der Waals surface area contributed by atoms with Crippen molar-refractivity contribution in [3.05, 3.63) is 53.6 Å². The third-order valence-electron chi connectivity index (χ3n) is 5.80. The van der Waals surface area contributed by atoms with E-state index in [0.29, 0.717) is 29.6 Å². The lowest BCUT2D eigenvalue weighted by molar-refractivity contribution is -0.144. The van der Waals surface area contributed by atoms with E-state index in [2.05, 4.69) is 33.3 Å². The van der Waals surface area contributed by atoms with Gasteiger partial charge in [0.15, 0.2) is 0 Å². The molecule has 0 aliphatic heterocycles. The predicted octanol–water partition coefficient (Wildman–Crippen LogP) is 2.29. The molecule has 0 aromatic heterocycles. The molecular formula is C29H31F2N3O9S3. The van der Waals surface area contributed by atoms with Gasteiger partial charge in [0, 0.05) is 49.7 Å². The van der Waals surface area contributed by atoms with E-state index in [1.807, 2.05) is 0 Å². The van der Waals surface area contributed by atoms with Gasteiger partial charge in [-0.2, -0.15) is 12.6 Å². The summed E-state index contributed by atoms with van der Waals surface area (Å²) in [5, 5.41) is 5.75. The Hall–Kier alpha value is -3.96. The lowest BCUT2D eigenvalue weighted by atomic mass is 10.0. The first kappa shape index (κ1) is 38.2. The number of carbonyl (C=O) groups is 7. The predicted molar refractivity (Wildman–Crippen MR) is 170 cm³/mol. The Bertz CT molecular complexity index is 1510. The van der Waals surface area contributed by atoms with E-state index in [1.165, 1.54) is 32.0 Å². The molecule has 0 heterocycles. The average molecular weight is 700 g/mol. The molecule has 0 radical (unpaired) electrons. The number of nitrogens with one attached hydrogen (secondary N) is 3. The first-order chi connectivity index (χ1) is 21.7. The minimum absolute atomic E-state index is 0.0631. The second kappa shape index (κ2) is 18.3. The fraction of sp³-hybridized carbons (Fsp3) is 0.345. The topological polar surface area (TPSA) is 174 Å². The van der Waals surface area contributed by atoms with Gasteiger partial charge in [-0.05, 0) is 29.8 Å². The number of methoxy groups -OCH3 is 1. The van der Waals surface area contributed by atoms with Gasteiger partial charge in [0.25, 0.3) is 0 Å². The summed E-state index contributed by atoms with van der Waals surface area (Å²) >= 11 is 5.21. The number of hydrogen-bond donors (Lipinski definition) is 4. The zero-order valence-electron chi connectivity index (χ0n) is 25.0. The summed E-state index contributed by atoms with van der Waals surface area (Å²) < 4.78 is 38.2. The molecule has 12 nitrogen and oxygen atoms in total. The van der Waals surface area contributed by atoms with E-state index in [1.54, 1.807) is 0 Å². The lowest BCUT2D eigenvalue weighted by Gasteiger charge is -2.19. The maximum atomic E-state index is 14.6. The summed E-state index contributed by atoms with van der Waals surface area (Å²) in [6.07, 6.45) is 0. The molecule has 0 saturated carbocycles. The van der Waals surface area contributed by atoms with Crippen molar-refractivity contribution in [2.45, 2.75) is 38.9 Å². The molecule has 0 aliphatic rings. The third-order valence-corrected chi connectivity index (χ3v) is 8.21. The Kier molecular flexibility index (Phi) is 15.2. The van der Waals surface area contributed by atoms with Gasteiger partial charge in [-0.1, -0.05) is 29.6 Å². The maximum Gasteiger partial charge on any atom is 0.334 e. The zero-order chi connectivity index (χ0) is 34.6. The molecule has 0 bridgehead atoms. The Balaban J connectivity index is 2.38. The van der Waals surface area contributed by atoms with Gasteiger partial charge in [-0.25, -0.2) is 18.4 Å². The number of thioether (sulfide) groups is 2. The summed E-state index contributed by atoms with van der Waals surface area (Å²) in [6.45, 7) is 3.51. The summed E-state index contributed by atoms with van der Waals surface area (Å²) in [7, 11) is 1.11. The number of ether oxygens (including phenoxy) is 2. The number of esters is 2. The van der Waals surface area contributed by atoms with Crippen LogP contribution in [-0.4, -0.2) is 82.4 Å². The molecular weight excluding hydrogens is 669 g/mol. The number of benzene rings is 2. The Labute approximate surface area is 276 Å². The van der Waals surface area contributed by atoms with Gasteiger partial charge in [-0.3, -0.25) is 24.0 Å². The minimum Gasteiger partial charge on any atom is -0.467 e. The number of halogens is 2. The van der Waals surface area contributed by atoms with Crippen LogP contribution in [0.3, 0.4) is 0 Å². The fourth-order valence-corrected chi connectivity index (χ4v) is 5.85. The van der Waals surface area contributed by atoms with Crippen LogP contribution in [0.25, 0.3) is 11.1 Å². The van der Waals surface area contributed by atoms with E-state index in [9.17, 15) is 42.3 Å². The van der Waals surface area contributed by atoms with Gasteiger partial charge < -0.3 is 25.4 Å². The smallest absolute Gasteiger partial charge is 0.334 e. The van der Waals surface area contributed by atoms with E-state index >= 15 is 0 Å². The summed E-state index contributed by atoms with van der Waals surface area (Å²) in [5.41, 5.74) is -0.170. The van der Waals surface area contributed by atoms with Gasteiger partial charge in [0.1, 0.15) is 35.5 Å². The molecule has 17 heteroatoms. The molecule has 2 aromatic carbocycles. The van der Waals surface area contributed by atoms with Crippen molar-refractivity contribution in [2.24, 2.45) is 0 Å². The van der Waals surface area contributed by atoms with Crippen LogP contribution in [0.15, 0.2) is 36.4 Å². The highest BCUT2D eigenvalue weighted by Gasteiger charge is 2.28. The summed E-state index contributed by atoms with van der Waals surface area (Å²) in [4.78, 5) is 86.1. The largest absolute Gasteiger partial charge is 0.467 e. The molecule has 248 valence electrons. The highest BCUT2D eigenvalue weighted by atomic mass is 32.2. The van der Waals surface area contributed by atoms with Crippen LogP contribution in [0.5, 0.6) is 5.75 Å². The molecule has 0 spiro atoms. The molecule has 0 fully saturated rings. The van der Waals surface area contributed by atoms with Crippen molar-refractivity contribution < 1.29 is 51.8 Å². The van der Waals surface area contributed by atoms with Crippen LogP contribution < -0.4 is 20.7 Å². The van der Waals surface area contributed by atoms with Crippen molar-refractivity contribution in [2.75, 3.05) is 24.4 Å². The van der Waals surface area contributed by atoms with E-state index < -0.39 is 69.7 Å². The van der Waals surface area contributed by atoms with Crippen molar-refractivity contribution >= 4 is 76.0 Å². The second-order valence-corrected chi connectivity index (χ2v) is 11.8. The standard InChI is InChI=1S/C29H31F2N3O9S3/c1-14(35)32-22(11-44)27(39)43-25-8-5-17(19-7-6-18(30)10-21(19)31)9-20(25)28(40)45-13-24(34-16(3)37)29(41)46-12-23(26(38)42-4)33-15(2)36/h5-10,22-24,44H,11-13H2,1-4H3,(H,32,35)(H,33,36)(H,34,37). The zero-order valence-corrected chi connectivity index (χ0v) is 27.5. The van der Waals surface area contributed by atoms with Crippen molar-refractivity contribution in [3.8, 4) is 16.9 Å². The first-order valence-corrected chi connectivity index (χ1v) is 15.9. The molecule has 0 aliphatic carbocycles.